The van der Waals surface area contributed by atoms with Crippen molar-refractivity contribution in [3.63, 3.8) is 0 Å². The summed E-state index contributed by atoms with van der Waals surface area (Å²) in [6.07, 6.45) is 13.0. The number of hydrogen-bond donors (Lipinski definition) is 1. The van der Waals surface area contributed by atoms with E-state index in [4.69, 9.17) is 14.2 Å². The highest BCUT2D eigenvalue weighted by atomic mass is 16.5. The van der Waals surface area contributed by atoms with Crippen LogP contribution < -0.4 is 30.0 Å². The minimum absolute atomic E-state index is 0.0654. The predicted octanol–water partition coefficient (Wildman–Crippen LogP) is 5.41. The third kappa shape index (κ3) is 8.51. The van der Waals surface area contributed by atoms with Crippen molar-refractivity contribution in [2.75, 3.05) is 72.0 Å². The van der Waals surface area contributed by atoms with Gasteiger partial charge < -0.3 is 43.6 Å². The molecular weight excluding hydrogens is 799 g/mol. The molecule has 4 aliphatic heterocycles. The Bertz CT molecular complexity index is 2400. The minimum Gasteiger partial charge on any atom is -0.496 e. The summed E-state index contributed by atoms with van der Waals surface area (Å²) in [6.45, 7) is 8.48. The van der Waals surface area contributed by atoms with Crippen LogP contribution in [0.1, 0.15) is 79.3 Å². The minimum atomic E-state index is -0.676. The second-order valence-corrected chi connectivity index (χ2v) is 18.5. The Balaban J connectivity index is 0.760. The van der Waals surface area contributed by atoms with Crippen molar-refractivity contribution in [3.05, 3.63) is 75.8 Å². The lowest BCUT2D eigenvalue weighted by Crippen LogP contribution is -2.51. The van der Waals surface area contributed by atoms with Gasteiger partial charge >= 0.3 is 0 Å². The van der Waals surface area contributed by atoms with Gasteiger partial charge in [-0.2, -0.15) is 0 Å². The molecule has 14 heteroatoms. The molecule has 1 spiro atoms. The Kier molecular flexibility index (Phi) is 12.2. The molecule has 334 valence electrons. The lowest BCUT2D eigenvalue weighted by Gasteiger charge is -2.52. The number of methoxy groups -OCH3 is 2. The summed E-state index contributed by atoms with van der Waals surface area (Å²) < 4.78 is 20.1. The Morgan fingerprint density at radius 2 is 1.67 bits per heavy atom. The number of benzene rings is 2. The van der Waals surface area contributed by atoms with Crippen LogP contribution in [0.5, 0.6) is 17.2 Å². The Morgan fingerprint density at radius 3 is 2.32 bits per heavy atom. The van der Waals surface area contributed by atoms with Gasteiger partial charge in [-0.15, -0.1) is 0 Å². The quantitative estimate of drug-likeness (QED) is 0.154. The SMILES string of the molecule is CNC(=O)C(CCC=O)N1Cc2ccc(OC3CC4(CCN(CC5CCN(Cc6c(OC)cc(-c7cn(C)c(=O)c8cnc(N9CCC9)cc78)cc6OC)CC5)CC4)C3)cc2C1=O. The molecule has 6 heterocycles. The molecule has 2 aromatic heterocycles. The fourth-order valence-corrected chi connectivity index (χ4v) is 10.8. The number of rotatable bonds is 15. The lowest BCUT2D eigenvalue weighted by molar-refractivity contribution is -0.125. The van der Waals surface area contributed by atoms with E-state index in [-0.39, 0.29) is 29.9 Å². The number of anilines is 1. The van der Waals surface area contributed by atoms with Gasteiger partial charge in [0.25, 0.3) is 11.5 Å². The highest BCUT2D eigenvalue weighted by Gasteiger charge is 2.47. The molecule has 1 N–H and O–H groups in total. The van der Waals surface area contributed by atoms with Gasteiger partial charge in [-0.25, -0.2) is 4.98 Å². The topological polar surface area (TPSA) is 139 Å². The first-order valence-corrected chi connectivity index (χ1v) is 22.8. The molecule has 63 heavy (non-hydrogen) atoms. The van der Waals surface area contributed by atoms with Gasteiger partial charge in [0.2, 0.25) is 5.91 Å². The van der Waals surface area contributed by atoms with E-state index in [9.17, 15) is 19.2 Å². The Morgan fingerprint density at radius 1 is 0.937 bits per heavy atom. The van der Waals surface area contributed by atoms with E-state index in [0.717, 1.165) is 136 Å². The zero-order valence-corrected chi connectivity index (χ0v) is 37.2. The summed E-state index contributed by atoms with van der Waals surface area (Å²) in [7, 11) is 6.78. The first-order chi connectivity index (χ1) is 30.6. The zero-order chi connectivity index (χ0) is 43.8. The predicted molar refractivity (Wildman–Crippen MR) is 242 cm³/mol. The fraction of sp³-hybridized carbons (Fsp3) is 0.531. The zero-order valence-electron chi connectivity index (χ0n) is 37.2. The molecule has 1 saturated carbocycles. The molecule has 14 nitrogen and oxygen atoms in total. The number of amides is 2. The van der Waals surface area contributed by atoms with Gasteiger partial charge in [0.05, 0.1) is 31.3 Å². The van der Waals surface area contributed by atoms with Crippen molar-refractivity contribution in [1.82, 2.24) is 29.6 Å². The summed E-state index contributed by atoms with van der Waals surface area (Å²) in [5.74, 6) is 3.39. The van der Waals surface area contributed by atoms with E-state index >= 15 is 0 Å². The number of nitrogens with one attached hydrogen (secondary N) is 1. The van der Waals surface area contributed by atoms with Gasteiger partial charge in [-0.05, 0) is 130 Å². The van der Waals surface area contributed by atoms with E-state index in [1.807, 2.05) is 30.5 Å². The number of carbonyl (C=O) groups excluding carboxylic acids is 3. The maximum absolute atomic E-state index is 13.4. The van der Waals surface area contributed by atoms with Gasteiger partial charge in [-0.1, -0.05) is 6.07 Å². The largest absolute Gasteiger partial charge is 0.496 e. The molecule has 9 rings (SSSR count). The van der Waals surface area contributed by atoms with Crippen LogP contribution in [0.4, 0.5) is 5.82 Å². The smallest absolute Gasteiger partial charge is 0.259 e. The van der Waals surface area contributed by atoms with E-state index in [2.05, 4.69) is 37.1 Å². The number of aryl methyl sites for hydroxylation is 1. The number of likely N-dealkylation sites (tertiary alicyclic amines) is 2. The first kappa shape index (κ1) is 42.8. The lowest BCUT2D eigenvalue weighted by atomic mass is 9.61. The third-order valence-corrected chi connectivity index (χ3v) is 14.7. The fourth-order valence-electron chi connectivity index (χ4n) is 10.8. The Labute approximate surface area is 369 Å². The molecule has 4 fully saturated rings. The number of ether oxygens (including phenoxy) is 3. The number of pyridine rings is 2. The van der Waals surface area contributed by atoms with Crippen molar-refractivity contribution in [1.29, 1.82) is 0 Å². The third-order valence-electron chi connectivity index (χ3n) is 14.7. The van der Waals surface area contributed by atoms with Crippen LogP contribution in [0.25, 0.3) is 21.9 Å². The van der Waals surface area contributed by atoms with Crippen molar-refractivity contribution < 1.29 is 28.6 Å². The highest BCUT2D eigenvalue weighted by molar-refractivity contribution is 6.01. The molecule has 1 atom stereocenters. The van der Waals surface area contributed by atoms with Crippen LogP contribution in [0.3, 0.4) is 0 Å². The van der Waals surface area contributed by atoms with Crippen LogP contribution in [0.15, 0.2) is 53.6 Å². The van der Waals surface area contributed by atoms with Crippen LogP contribution in [0.2, 0.25) is 0 Å². The van der Waals surface area contributed by atoms with Crippen molar-refractivity contribution in [2.45, 2.75) is 83.0 Å². The van der Waals surface area contributed by atoms with Crippen LogP contribution >= 0.6 is 0 Å². The normalized spacial score (nSPS) is 19.7. The summed E-state index contributed by atoms with van der Waals surface area (Å²) >= 11 is 0. The first-order valence-electron chi connectivity index (χ1n) is 22.8. The van der Waals surface area contributed by atoms with Crippen LogP contribution in [-0.2, 0) is 29.7 Å². The molecule has 2 amide bonds. The summed E-state index contributed by atoms with van der Waals surface area (Å²) in [5, 5.41) is 4.12. The number of nitrogens with zero attached hydrogens (tertiary/aromatic N) is 6. The maximum Gasteiger partial charge on any atom is 0.259 e. The number of likely N-dealkylation sites (N-methyl/N-ethyl adjacent to an activating group) is 1. The number of aldehydes is 1. The van der Waals surface area contributed by atoms with Gasteiger partial charge in [0.1, 0.15) is 35.4 Å². The Hall–Kier alpha value is -5.47. The average molecular weight is 860 g/mol. The van der Waals surface area contributed by atoms with Gasteiger partial charge in [-0.3, -0.25) is 19.3 Å². The molecule has 5 aliphatic rings. The second kappa shape index (κ2) is 18.0. The maximum atomic E-state index is 13.4. The standard InChI is InChI=1S/C49H61N7O7/c1-50-46(58)42(7-5-20-57)56-29-33-8-9-35(23-37(33)48(56)60)63-36-25-49(26-36)12-18-54(19-13-49)28-32-10-16-53(17-11-32)31-41-43(61-3)21-34(22-44(41)62-4)40-30-52(2)47(59)39-27-51-45(24-38(39)40)55-14-6-15-55/h8-9,20-24,27,30,32,36,42H,5-7,10-19,25-26,28-29,31H2,1-4H3,(H,50,58). The molecule has 4 aromatic rings. The molecule has 1 aliphatic carbocycles. The average Bonchev–Trinajstić information content (AvgIpc) is 3.59. The van der Waals surface area contributed by atoms with Crippen LogP contribution in [-0.4, -0.2) is 122 Å². The number of piperidine rings is 2. The van der Waals surface area contributed by atoms with Crippen molar-refractivity contribution in [2.24, 2.45) is 18.4 Å². The summed E-state index contributed by atoms with van der Waals surface area (Å²) in [4.78, 5) is 63.8. The van der Waals surface area contributed by atoms with Gasteiger partial charge in [0, 0.05) is 82.1 Å². The molecule has 3 saturated heterocycles. The van der Waals surface area contributed by atoms with E-state index in [1.54, 1.807) is 44.0 Å². The van der Waals surface area contributed by atoms with E-state index in [0.29, 0.717) is 41.0 Å². The van der Waals surface area contributed by atoms with Gasteiger partial charge in [0.15, 0.2) is 0 Å². The molecule has 1 unspecified atom stereocenters. The molecule has 0 radical (unpaired) electrons. The summed E-state index contributed by atoms with van der Waals surface area (Å²) in [5.41, 5.74) is 4.65. The van der Waals surface area contributed by atoms with Crippen molar-refractivity contribution in [3.8, 4) is 28.4 Å². The number of aromatic nitrogens is 2. The number of hydrogen-bond acceptors (Lipinski definition) is 11. The molecule has 0 bridgehead atoms. The van der Waals surface area contributed by atoms with Crippen molar-refractivity contribution >= 4 is 34.7 Å². The second-order valence-electron chi connectivity index (χ2n) is 18.5. The number of fused-ring (bicyclic) bond motifs is 2. The highest BCUT2D eigenvalue weighted by Crippen LogP contribution is 2.51. The summed E-state index contributed by atoms with van der Waals surface area (Å²) in [6, 6.07) is 11.3. The molecule has 2 aromatic carbocycles. The van der Waals surface area contributed by atoms with E-state index < -0.39 is 6.04 Å². The molecular formula is C49H61N7O7. The monoisotopic (exact) mass is 859 g/mol. The van der Waals surface area contributed by atoms with E-state index in [1.165, 1.54) is 12.8 Å². The van der Waals surface area contributed by atoms with Crippen LogP contribution in [0, 0.1) is 11.3 Å². The number of carbonyl (C=O) groups is 3.